The van der Waals surface area contributed by atoms with Crippen molar-refractivity contribution in [3.05, 3.63) is 0 Å². The first kappa shape index (κ1) is 15.8. The zero-order chi connectivity index (χ0) is 12.8. The van der Waals surface area contributed by atoms with Gasteiger partial charge in [-0.2, -0.15) is 4.31 Å². The number of likely N-dealkylation sites (N-methyl/N-ethyl adjacent to an activating group) is 1. The molecule has 0 aliphatic heterocycles. The van der Waals surface area contributed by atoms with Crippen LogP contribution in [0.5, 0.6) is 0 Å². The van der Waals surface area contributed by atoms with Crippen LogP contribution in [0.3, 0.4) is 0 Å². The average molecular weight is 252 g/mol. The van der Waals surface area contributed by atoms with Crippen molar-refractivity contribution in [3.63, 3.8) is 0 Å². The lowest BCUT2D eigenvalue weighted by Crippen LogP contribution is -2.53. The van der Waals surface area contributed by atoms with Gasteiger partial charge in [-0.05, 0) is 20.8 Å². The molecule has 0 bridgehead atoms. The molecule has 0 fully saturated rings. The minimum Gasteiger partial charge on any atom is -0.381 e. The molecule has 0 rings (SSSR count). The van der Waals surface area contributed by atoms with E-state index in [0.717, 1.165) is 0 Å². The topological polar surface area (TPSA) is 72.6 Å². The highest BCUT2D eigenvalue weighted by Crippen LogP contribution is 2.17. The van der Waals surface area contributed by atoms with Gasteiger partial charge in [0, 0.05) is 25.2 Å². The number of nitrogens with zero attached hydrogens (tertiary/aromatic N) is 1. The number of sulfonamides is 1. The molecule has 16 heavy (non-hydrogen) atoms. The third-order valence-electron chi connectivity index (χ3n) is 2.49. The minimum absolute atomic E-state index is 0.0120. The highest BCUT2D eigenvalue weighted by molar-refractivity contribution is 7.89. The van der Waals surface area contributed by atoms with E-state index in [1.54, 1.807) is 0 Å². The van der Waals surface area contributed by atoms with Crippen LogP contribution in [0.1, 0.15) is 27.7 Å². The molecular weight excluding hydrogens is 228 g/mol. The van der Waals surface area contributed by atoms with Crippen LogP contribution in [0.4, 0.5) is 0 Å². The van der Waals surface area contributed by atoms with E-state index in [-0.39, 0.29) is 12.4 Å². The molecule has 2 N–H and O–H groups in total. The molecule has 0 aromatic carbocycles. The molecular formula is C10H24N2O3S. The predicted octanol–water partition coefficient (Wildman–Crippen LogP) is 0.412. The van der Waals surface area contributed by atoms with Crippen molar-refractivity contribution >= 4 is 10.0 Å². The Kier molecular flexibility index (Phi) is 6.47. The highest BCUT2D eigenvalue weighted by atomic mass is 32.2. The lowest BCUT2D eigenvalue weighted by molar-refractivity contribution is 0.160. The second kappa shape index (κ2) is 6.54. The highest BCUT2D eigenvalue weighted by Gasteiger charge is 2.33. The second-order valence-electron chi connectivity index (χ2n) is 4.19. The van der Waals surface area contributed by atoms with E-state index in [1.807, 2.05) is 27.7 Å². The summed E-state index contributed by atoms with van der Waals surface area (Å²) in [6.07, 6.45) is 0. The molecule has 98 valence electrons. The lowest BCUT2D eigenvalue weighted by Gasteiger charge is -2.35. The van der Waals surface area contributed by atoms with Gasteiger partial charge in [0.25, 0.3) is 0 Å². The average Bonchev–Trinajstić information content (AvgIpc) is 2.18. The first-order valence-corrected chi connectivity index (χ1v) is 7.21. The number of hydrogen-bond donors (Lipinski definition) is 1. The van der Waals surface area contributed by atoms with Crippen molar-refractivity contribution in [2.24, 2.45) is 5.73 Å². The minimum atomic E-state index is -3.29. The van der Waals surface area contributed by atoms with Crippen molar-refractivity contribution in [2.45, 2.75) is 33.2 Å². The molecule has 0 saturated carbocycles. The van der Waals surface area contributed by atoms with Gasteiger partial charge in [0.2, 0.25) is 10.0 Å². The Morgan fingerprint density at radius 1 is 1.31 bits per heavy atom. The third-order valence-corrected chi connectivity index (χ3v) is 4.59. The number of ether oxygens (including phenoxy) is 1. The van der Waals surface area contributed by atoms with Crippen LogP contribution in [0.15, 0.2) is 0 Å². The molecule has 0 aliphatic rings. The normalized spacial score (nSPS) is 13.4. The molecule has 0 saturated heterocycles. The Labute approximate surface area is 99.0 Å². The van der Waals surface area contributed by atoms with Gasteiger partial charge in [0.05, 0.1) is 12.4 Å². The van der Waals surface area contributed by atoms with Gasteiger partial charge in [-0.25, -0.2) is 8.42 Å². The Morgan fingerprint density at radius 3 is 2.25 bits per heavy atom. The summed E-state index contributed by atoms with van der Waals surface area (Å²) in [4.78, 5) is 0. The summed E-state index contributed by atoms with van der Waals surface area (Å²) in [5.74, 6) is 0.0120. The molecule has 0 aromatic rings. The molecule has 0 amide bonds. The summed E-state index contributed by atoms with van der Waals surface area (Å²) in [7, 11) is -3.29. The standard InChI is InChI=1S/C10H24N2O3S/c1-5-12(10(3,4)9-11)16(13,14)8-7-15-6-2/h5-9,11H2,1-4H3. The Bertz CT molecular complexity index is 288. The van der Waals surface area contributed by atoms with Gasteiger partial charge in [-0.15, -0.1) is 0 Å². The second-order valence-corrected chi connectivity index (χ2v) is 6.21. The van der Waals surface area contributed by atoms with Crippen LogP contribution in [-0.4, -0.2) is 50.3 Å². The molecule has 0 aliphatic carbocycles. The fourth-order valence-electron chi connectivity index (χ4n) is 1.52. The van der Waals surface area contributed by atoms with E-state index in [2.05, 4.69) is 0 Å². The molecule has 0 spiro atoms. The fraction of sp³-hybridized carbons (Fsp3) is 1.00. The fourth-order valence-corrected chi connectivity index (χ4v) is 3.29. The van der Waals surface area contributed by atoms with Gasteiger partial charge in [-0.3, -0.25) is 0 Å². The van der Waals surface area contributed by atoms with Crippen LogP contribution in [0.2, 0.25) is 0 Å². The maximum absolute atomic E-state index is 12.0. The summed E-state index contributed by atoms with van der Waals surface area (Å²) >= 11 is 0. The van der Waals surface area contributed by atoms with Crippen LogP contribution in [0.25, 0.3) is 0 Å². The van der Waals surface area contributed by atoms with Crippen LogP contribution in [0, 0.1) is 0 Å². The molecule has 0 heterocycles. The van der Waals surface area contributed by atoms with Gasteiger partial charge in [-0.1, -0.05) is 6.92 Å². The Morgan fingerprint density at radius 2 is 1.88 bits per heavy atom. The van der Waals surface area contributed by atoms with E-state index in [1.165, 1.54) is 4.31 Å². The van der Waals surface area contributed by atoms with Crippen molar-refractivity contribution in [2.75, 3.05) is 32.1 Å². The van der Waals surface area contributed by atoms with Crippen molar-refractivity contribution in [1.82, 2.24) is 4.31 Å². The maximum Gasteiger partial charge on any atom is 0.216 e. The number of hydrogen-bond acceptors (Lipinski definition) is 4. The van der Waals surface area contributed by atoms with Gasteiger partial charge in [0.15, 0.2) is 0 Å². The monoisotopic (exact) mass is 252 g/mol. The van der Waals surface area contributed by atoms with Crippen molar-refractivity contribution in [3.8, 4) is 0 Å². The van der Waals surface area contributed by atoms with Crippen LogP contribution in [-0.2, 0) is 14.8 Å². The quantitative estimate of drug-likeness (QED) is 0.635. The van der Waals surface area contributed by atoms with E-state index >= 15 is 0 Å². The SMILES string of the molecule is CCOCCS(=O)(=O)N(CC)C(C)(C)CN. The summed E-state index contributed by atoms with van der Waals surface area (Å²) in [6.45, 7) is 8.80. The largest absolute Gasteiger partial charge is 0.381 e. The first-order valence-electron chi connectivity index (χ1n) is 5.60. The van der Waals surface area contributed by atoms with E-state index in [9.17, 15) is 8.42 Å². The summed E-state index contributed by atoms with van der Waals surface area (Å²) in [5.41, 5.74) is 5.06. The molecule has 0 unspecified atom stereocenters. The van der Waals surface area contributed by atoms with Gasteiger partial charge >= 0.3 is 0 Å². The molecule has 0 aromatic heterocycles. The smallest absolute Gasteiger partial charge is 0.216 e. The van der Waals surface area contributed by atoms with Crippen LogP contribution >= 0.6 is 0 Å². The summed E-state index contributed by atoms with van der Waals surface area (Å²) in [6, 6.07) is 0. The van der Waals surface area contributed by atoms with Gasteiger partial charge in [0.1, 0.15) is 0 Å². The summed E-state index contributed by atoms with van der Waals surface area (Å²) < 4.78 is 30.6. The molecule has 5 nitrogen and oxygen atoms in total. The number of nitrogens with two attached hydrogens (primary N) is 1. The van der Waals surface area contributed by atoms with Crippen LogP contribution < -0.4 is 5.73 Å². The van der Waals surface area contributed by atoms with E-state index < -0.39 is 15.6 Å². The zero-order valence-corrected chi connectivity index (χ0v) is 11.5. The molecule has 0 atom stereocenters. The van der Waals surface area contributed by atoms with E-state index in [0.29, 0.717) is 19.7 Å². The number of rotatable bonds is 8. The third kappa shape index (κ3) is 4.37. The van der Waals surface area contributed by atoms with Gasteiger partial charge < -0.3 is 10.5 Å². The van der Waals surface area contributed by atoms with E-state index in [4.69, 9.17) is 10.5 Å². The summed E-state index contributed by atoms with van der Waals surface area (Å²) in [5, 5.41) is 0. The first-order chi connectivity index (χ1) is 7.31. The lowest BCUT2D eigenvalue weighted by atomic mass is 10.1. The molecule has 6 heteroatoms. The Hall–Kier alpha value is -0.170. The maximum atomic E-state index is 12.0. The molecule has 0 radical (unpaired) electrons. The van der Waals surface area contributed by atoms with Crippen molar-refractivity contribution < 1.29 is 13.2 Å². The predicted molar refractivity (Wildman–Crippen MR) is 65.8 cm³/mol. The zero-order valence-electron chi connectivity index (χ0n) is 10.7. The Balaban J connectivity index is 4.68. The van der Waals surface area contributed by atoms with Crippen molar-refractivity contribution in [1.29, 1.82) is 0 Å².